The number of benzene rings is 2. The molecule has 130 valence electrons. The Bertz CT molecular complexity index is 973. The summed E-state index contributed by atoms with van der Waals surface area (Å²) in [6, 6.07) is 15.5. The molecule has 1 aromatic heterocycles. The largest absolute Gasteiger partial charge is 0.354 e. The first-order valence-corrected chi connectivity index (χ1v) is 9.52. The molecule has 0 aliphatic rings. The molecule has 0 saturated heterocycles. The van der Waals surface area contributed by atoms with Crippen LogP contribution >= 0.6 is 0 Å². The molecule has 0 aliphatic heterocycles. The molecule has 0 aliphatic carbocycles. The maximum atomic E-state index is 12.6. The van der Waals surface area contributed by atoms with Gasteiger partial charge in [-0.2, -0.15) is 4.98 Å². The molecule has 0 atom stereocenters. The Labute approximate surface area is 147 Å². The topological polar surface area (TPSA) is 84.0 Å². The van der Waals surface area contributed by atoms with Crippen molar-refractivity contribution in [2.75, 3.05) is 16.6 Å². The van der Waals surface area contributed by atoms with Crippen LogP contribution in [0.25, 0.3) is 10.9 Å². The minimum atomic E-state index is -3.72. The number of aromatic nitrogens is 2. The summed E-state index contributed by atoms with van der Waals surface area (Å²) in [7, 11) is -3.72. The van der Waals surface area contributed by atoms with Gasteiger partial charge in [-0.3, -0.25) is 4.72 Å². The summed E-state index contributed by atoms with van der Waals surface area (Å²) in [6.07, 6.45) is 0. The summed E-state index contributed by atoms with van der Waals surface area (Å²) in [6.45, 7) is 4.85. The van der Waals surface area contributed by atoms with Crippen LogP contribution in [0.3, 0.4) is 0 Å². The van der Waals surface area contributed by atoms with Gasteiger partial charge in [-0.15, -0.1) is 0 Å². The van der Waals surface area contributed by atoms with Crippen molar-refractivity contribution >= 4 is 32.7 Å². The molecule has 3 rings (SSSR count). The van der Waals surface area contributed by atoms with E-state index in [4.69, 9.17) is 0 Å². The molecule has 3 aromatic rings. The zero-order valence-corrected chi connectivity index (χ0v) is 14.9. The summed E-state index contributed by atoms with van der Waals surface area (Å²) < 4.78 is 27.8. The normalized spacial score (nSPS) is 11.6. The predicted molar refractivity (Wildman–Crippen MR) is 100 cm³/mol. The van der Waals surface area contributed by atoms with Gasteiger partial charge in [-0.1, -0.05) is 44.2 Å². The smallest absolute Gasteiger partial charge is 0.263 e. The highest BCUT2D eigenvalue weighted by Crippen LogP contribution is 2.24. The maximum absolute atomic E-state index is 12.6. The van der Waals surface area contributed by atoms with Gasteiger partial charge in [0.05, 0.1) is 10.4 Å². The van der Waals surface area contributed by atoms with E-state index in [2.05, 4.69) is 33.9 Å². The van der Waals surface area contributed by atoms with Crippen LogP contribution in [0.4, 0.5) is 11.8 Å². The van der Waals surface area contributed by atoms with Gasteiger partial charge in [0.25, 0.3) is 10.0 Å². The molecule has 0 bridgehead atoms. The second kappa shape index (κ2) is 7.06. The Morgan fingerprint density at radius 3 is 2.36 bits per heavy atom. The Morgan fingerprint density at radius 1 is 0.960 bits per heavy atom. The number of hydrogen-bond donors (Lipinski definition) is 2. The van der Waals surface area contributed by atoms with E-state index in [9.17, 15) is 8.42 Å². The van der Waals surface area contributed by atoms with Gasteiger partial charge in [-0.05, 0) is 30.2 Å². The van der Waals surface area contributed by atoms with Crippen molar-refractivity contribution in [3.63, 3.8) is 0 Å². The van der Waals surface area contributed by atoms with Gasteiger partial charge in [0, 0.05) is 11.9 Å². The van der Waals surface area contributed by atoms with Gasteiger partial charge in [0.1, 0.15) is 0 Å². The van der Waals surface area contributed by atoms with Crippen molar-refractivity contribution < 1.29 is 8.42 Å². The standard InChI is InChI=1S/C18H20N4O2S/c1-13(2)12-19-18-20-16-11-7-6-10-15(16)17(21-18)22-25(23,24)14-8-4-3-5-9-14/h3-11,13H,12H2,1-2H3,(H2,19,20,21,22). The lowest BCUT2D eigenvalue weighted by Gasteiger charge is -2.13. The molecule has 0 spiro atoms. The van der Waals surface area contributed by atoms with Gasteiger partial charge < -0.3 is 5.32 Å². The maximum Gasteiger partial charge on any atom is 0.263 e. The van der Waals surface area contributed by atoms with Gasteiger partial charge in [0.2, 0.25) is 5.95 Å². The van der Waals surface area contributed by atoms with E-state index in [0.29, 0.717) is 29.3 Å². The molecule has 0 saturated carbocycles. The second-order valence-electron chi connectivity index (χ2n) is 6.11. The molecule has 0 amide bonds. The number of fused-ring (bicyclic) bond motifs is 1. The van der Waals surface area contributed by atoms with Crippen LogP contribution in [0.15, 0.2) is 59.5 Å². The van der Waals surface area contributed by atoms with Crippen LogP contribution in [-0.2, 0) is 10.0 Å². The first-order valence-electron chi connectivity index (χ1n) is 8.04. The molecular formula is C18H20N4O2S. The minimum Gasteiger partial charge on any atom is -0.354 e. The third-order valence-electron chi connectivity index (χ3n) is 3.56. The number of hydrogen-bond acceptors (Lipinski definition) is 5. The molecular weight excluding hydrogens is 336 g/mol. The van der Waals surface area contributed by atoms with E-state index in [1.54, 1.807) is 36.4 Å². The van der Waals surface area contributed by atoms with E-state index in [-0.39, 0.29) is 10.7 Å². The fourth-order valence-electron chi connectivity index (χ4n) is 2.31. The minimum absolute atomic E-state index is 0.189. The lowest BCUT2D eigenvalue weighted by atomic mass is 10.2. The third kappa shape index (κ3) is 4.06. The van der Waals surface area contributed by atoms with Crippen molar-refractivity contribution in [3.8, 4) is 0 Å². The quantitative estimate of drug-likeness (QED) is 0.706. The molecule has 2 aromatic carbocycles. The number of anilines is 2. The van der Waals surface area contributed by atoms with Gasteiger partial charge in [-0.25, -0.2) is 13.4 Å². The summed E-state index contributed by atoms with van der Waals surface area (Å²) in [5, 5.41) is 3.80. The van der Waals surface area contributed by atoms with Crippen LogP contribution in [0.2, 0.25) is 0 Å². The van der Waals surface area contributed by atoms with Crippen molar-refractivity contribution in [1.29, 1.82) is 0 Å². The first kappa shape index (κ1) is 17.2. The molecule has 7 heteroatoms. The summed E-state index contributed by atoms with van der Waals surface area (Å²) in [4.78, 5) is 9.01. The molecule has 2 N–H and O–H groups in total. The Balaban J connectivity index is 2.02. The molecule has 6 nitrogen and oxygen atoms in total. The van der Waals surface area contributed by atoms with E-state index in [1.165, 1.54) is 0 Å². The van der Waals surface area contributed by atoms with Crippen LogP contribution in [-0.4, -0.2) is 24.9 Å². The Kier molecular flexibility index (Phi) is 4.85. The molecule has 25 heavy (non-hydrogen) atoms. The first-order chi connectivity index (χ1) is 12.0. The van der Waals surface area contributed by atoms with Gasteiger partial charge in [0.15, 0.2) is 5.82 Å². The lowest BCUT2D eigenvalue weighted by Crippen LogP contribution is -2.16. The van der Waals surface area contributed by atoms with Crippen molar-refractivity contribution in [2.24, 2.45) is 5.92 Å². The highest BCUT2D eigenvalue weighted by Gasteiger charge is 2.17. The Hall–Kier alpha value is -2.67. The highest BCUT2D eigenvalue weighted by atomic mass is 32.2. The van der Waals surface area contributed by atoms with E-state index >= 15 is 0 Å². The lowest BCUT2D eigenvalue weighted by molar-refractivity contribution is 0.601. The number of nitrogens with zero attached hydrogens (tertiary/aromatic N) is 2. The third-order valence-corrected chi connectivity index (χ3v) is 4.91. The monoisotopic (exact) mass is 356 g/mol. The SMILES string of the molecule is CC(C)CNc1nc(NS(=O)(=O)c2ccccc2)c2ccccc2n1. The fourth-order valence-corrected chi connectivity index (χ4v) is 3.36. The van der Waals surface area contributed by atoms with E-state index in [0.717, 1.165) is 0 Å². The Morgan fingerprint density at radius 2 is 1.64 bits per heavy atom. The van der Waals surface area contributed by atoms with Crippen LogP contribution in [0.5, 0.6) is 0 Å². The van der Waals surface area contributed by atoms with Crippen LogP contribution < -0.4 is 10.0 Å². The summed E-state index contributed by atoms with van der Waals surface area (Å²) >= 11 is 0. The number of rotatable bonds is 6. The van der Waals surface area contributed by atoms with Crippen molar-refractivity contribution in [1.82, 2.24) is 9.97 Å². The zero-order valence-electron chi connectivity index (χ0n) is 14.1. The van der Waals surface area contributed by atoms with Crippen molar-refractivity contribution in [2.45, 2.75) is 18.7 Å². The number of sulfonamides is 1. The predicted octanol–water partition coefficient (Wildman–Crippen LogP) is 3.50. The second-order valence-corrected chi connectivity index (χ2v) is 7.79. The van der Waals surface area contributed by atoms with Gasteiger partial charge >= 0.3 is 0 Å². The molecule has 0 unspecified atom stereocenters. The molecule has 1 heterocycles. The number of para-hydroxylation sites is 1. The summed E-state index contributed by atoms with van der Waals surface area (Å²) in [5.74, 6) is 1.08. The average molecular weight is 356 g/mol. The fraction of sp³-hybridized carbons (Fsp3) is 0.222. The molecule has 0 fully saturated rings. The highest BCUT2D eigenvalue weighted by molar-refractivity contribution is 7.92. The summed E-state index contributed by atoms with van der Waals surface area (Å²) in [5.41, 5.74) is 0.675. The average Bonchev–Trinajstić information content (AvgIpc) is 2.60. The van der Waals surface area contributed by atoms with Crippen LogP contribution in [0, 0.1) is 5.92 Å². The number of nitrogens with one attached hydrogen (secondary N) is 2. The zero-order chi connectivity index (χ0) is 17.9. The van der Waals surface area contributed by atoms with E-state index < -0.39 is 10.0 Å². The van der Waals surface area contributed by atoms with E-state index in [1.807, 2.05) is 18.2 Å². The molecule has 0 radical (unpaired) electrons. The van der Waals surface area contributed by atoms with Crippen LogP contribution in [0.1, 0.15) is 13.8 Å². The van der Waals surface area contributed by atoms with Crippen molar-refractivity contribution in [3.05, 3.63) is 54.6 Å².